The molecular weight excluding hydrogens is 294 g/mol. The van der Waals surface area contributed by atoms with Crippen molar-refractivity contribution in [3.63, 3.8) is 0 Å². The number of aromatic nitrogens is 3. The van der Waals surface area contributed by atoms with Gasteiger partial charge in [0.05, 0.1) is 0 Å². The normalized spacial score (nSPS) is 12.1. The quantitative estimate of drug-likeness (QED) is 0.781. The topological polar surface area (TPSA) is 88.4 Å². The molecule has 1 heterocycles. The Morgan fingerprint density at radius 3 is 2.24 bits per heavy atom. The van der Waals surface area contributed by atoms with Crippen LogP contribution in [0.25, 0.3) is 0 Å². The van der Waals surface area contributed by atoms with E-state index in [1.807, 2.05) is 20.8 Å². The lowest BCUT2D eigenvalue weighted by Crippen LogP contribution is -2.40. The van der Waals surface area contributed by atoms with Crippen LogP contribution in [0.3, 0.4) is 0 Å². The maximum absolute atomic E-state index is 12.3. The van der Waals surface area contributed by atoms with Gasteiger partial charge in [0, 0.05) is 25.7 Å². The highest BCUT2D eigenvalue weighted by Crippen LogP contribution is 2.10. The summed E-state index contributed by atoms with van der Waals surface area (Å²) in [6, 6.07) is -0.393. The van der Waals surface area contributed by atoms with E-state index in [1.54, 1.807) is 18.7 Å². The third-order valence-electron chi connectivity index (χ3n) is 3.15. The van der Waals surface area contributed by atoms with E-state index in [0.29, 0.717) is 19.6 Å². The van der Waals surface area contributed by atoms with Gasteiger partial charge in [-0.2, -0.15) is 8.99 Å². The molecule has 0 bridgehead atoms. The molecule has 0 aromatic carbocycles. The average molecular weight is 317 g/mol. The Balaban J connectivity index is 3.09. The zero-order valence-electron chi connectivity index (χ0n) is 13.1. The largest absolute Gasteiger partial charge is 0.346 e. The Morgan fingerprint density at radius 1 is 1.24 bits per heavy atom. The van der Waals surface area contributed by atoms with Gasteiger partial charge in [0.2, 0.25) is 0 Å². The lowest BCUT2D eigenvalue weighted by Gasteiger charge is -2.24. The molecule has 9 heteroatoms. The van der Waals surface area contributed by atoms with Gasteiger partial charge in [-0.15, -0.1) is 5.10 Å². The number of rotatable bonds is 6. The molecule has 0 saturated carbocycles. The second-order valence-electron chi connectivity index (χ2n) is 4.72. The number of amides is 1. The van der Waals surface area contributed by atoms with Crippen LogP contribution >= 0.6 is 0 Å². The van der Waals surface area contributed by atoms with Gasteiger partial charge in [-0.25, -0.2) is 18.2 Å². The summed E-state index contributed by atoms with van der Waals surface area (Å²) in [7, 11) is -3.75. The zero-order valence-corrected chi connectivity index (χ0v) is 14.0. The first-order chi connectivity index (χ1) is 9.79. The van der Waals surface area contributed by atoms with Crippen LogP contribution in [0.5, 0.6) is 0 Å². The van der Waals surface area contributed by atoms with Gasteiger partial charge in [0.15, 0.2) is 0 Å². The summed E-state index contributed by atoms with van der Waals surface area (Å²) in [6.07, 6.45) is 1.14. The number of nitrogens with zero attached hydrogens (tertiary/aromatic N) is 5. The van der Waals surface area contributed by atoms with E-state index in [4.69, 9.17) is 0 Å². The second-order valence-corrected chi connectivity index (χ2v) is 6.56. The van der Waals surface area contributed by atoms with Crippen LogP contribution in [0.1, 0.15) is 34.6 Å². The molecule has 0 saturated heterocycles. The lowest BCUT2D eigenvalue weighted by molar-refractivity contribution is 0.185. The molecule has 120 valence electrons. The summed E-state index contributed by atoms with van der Waals surface area (Å²) >= 11 is 0. The van der Waals surface area contributed by atoms with Crippen LogP contribution in [-0.2, 0) is 10.0 Å². The fourth-order valence-electron chi connectivity index (χ4n) is 1.99. The van der Waals surface area contributed by atoms with Crippen LogP contribution in [0.15, 0.2) is 11.5 Å². The van der Waals surface area contributed by atoms with Crippen molar-refractivity contribution in [2.45, 2.75) is 45.8 Å². The minimum absolute atomic E-state index is 0.00506. The lowest BCUT2D eigenvalue weighted by atomic mass is 10.3. The zero-order chi connectivity index (χ0) is 16.2. The van der Waals surface area contributed by atoms with E-state index >= 15 is 0 Å². The van der Waals surface area contributed by atoms with E-state index in [-0.39, 0.29) is 17.2 Å². The summed E-state index contributed by atoms with van der Waals surface area (Å²) in [5.74, 6) is 0. The molecule has 1 rings (SSSR count). The molecule has 0 fully saturated rings. The molecule has 8 nitrogen and oxygen atoms in total. The number of carbonyl (C=O) groups is 1. The molecule has 21 heavy (non-hydrogen) atoms. The van der Waals surface area contributed by atoms with Crippen molar-refractivity contribution in [1.82, 2.24) is 24.0 Å². The third-order valence-corrected chi connectivity index (χ3v) is 5.00. The van der Waals surface area contributed by atoms with E-state index in [0.717, 1.165) is 11.0 Å². The van der Waals surface area contributed by atoms with E-state index in [1.165, 1.54) is 4.31 Å². The summed E-state index contributed by atoms with van der Waals surface area (Å²) in [4.78, 5) is 17.6. The predicted molar refractivity (Wildman–Crippen MR) is 78.4 cm³/mol. The van der Waals surface area contributed by atoms with Crippen molar-refractivity contribution < 1.29 is 13.2 Å². The van der Waals surface area contributed by atoms with Crippen LogP contribution in [0.2, 0.25) is 0 Å². The summed E-state index contributed by atoms with van der Waals surface area (Å²) in [5.41, 5.74) is 0. The summed E-state index contributed by atoms with van der Waals surface area (Å²) < 4.78 is 26.8. The van der Waals surface area contributed by atoms with Gasteiger partial charge in [0.25, 0.3) is 15.2 Å². The van der Waals surface area contributed by atoms with E-state index < -0.39 is 10.0 Å². The summed E-state index contributed by atoms with van der Waals surface area (Å²) in [6.45, 7) is 10.2. The van der Waals surface area contributed by atoms with Crippen LogP contribution < -0.4 is 0 Å². The standard InChI is InChI=1S/C12H23N5O3S/c1-6-15(7-2)21(19,20)11-13-9-17(14-11)12(18)16(8-3)10(4)5/h9-10H,6-8H2,1-5H3. The van der Waals surface area contributed by atoms with Crippen LogP contribution in [0.4, 0.5) is 4.79 Å². The number of sulfonamides is 1. The van der Waals surface area contributed by atoms with Crippen LogP contribution in [-0.4, -0.2) is 64.1 Å². The fourth-order valence-corrected chi connectivity index (χ4v) is 3.27. The van der Waals surface area contributed by atoms with Crippen molar-refractivity contribution in [2.24, 2.45) is 0 Å². The van der Waals surface area contributed by atoms with Gasteiger partial charge in [-0.1, -0.05) is 13.8 Å². The number of carbonyl (C=O) groups excluding carboxylic acids is 1. The highest BCUT2D eigenvalue weighted by atomic mass is 32.2. The molecule has 0 N–H and O–H groups in total. The highest BCUT2D eigenvalue weighted by Gasteiger charge is 2.28. The second kappa shape index (κ2) is 6.99. The van der Waals surface area contributed by atoms with Crippen LogP contribution in [0, 0.1) is 0 Å². The number of hydrogen-bond acceptors (Lipinski definition) is 5. The Kier molecular flexibility index (Phi) is 5.85. The molecule has 0 unspecified atom stereocenters. The highest BCUT2D eigenvalue weighted by molar-refractivity contribution is 7.88. The average Bonchev–Trinajstić information content (AvgIpc) is 2.90. The van der Waals surface area contributed by atoms with E-state index in [2.05, 4.69) is 10.1 Å². The molecule has 0 atom stereocenters. The first-order valence-electron chi connectivity index (χ1n) is 7.02. The molecule has 1 aromatic rings. The van der Waals surface area contributed by atoms with Crippen molar-refractivity contribution in [2.75, 3.05) is 19.6 Å². The molecule has 1 aromatic heterocycles. The van der Waals surface area contributed by atoms with Crippen molar-refractivity contribution >= 4 is 16.1 Å². The van der Waals surface area contributed by atoms with Gasteiger partial charge < -0.3 is 4.90 Å². The minimum atomic E-state index is -3.75. The SMILES string of the molecule is CCN(C(=O)n1cnc(S(=O)(=O)N(CC)CC)n1)C(C)C. The molecule has 1 amide bonds. The first kappa shape index (κ1) is 17.6. The monoisotopic (exact) mass is 317 g/mol. The van der Waals surface area contributed by atoms with Crippen molar-refractivity contribution in [3.8, 4) is 0 Å². The van der Waals surface area contributed by atoms with Crippen molar-refractivity contribution in [1.29, 1.82) is 0 Å². The number of hydrogen-bond donors (Lipinski definition) is 0. The Hall–Kier alpha value is -1.48. The molecule has 0 aliphatic rings. The Bertz CT molecular complexity index is 577. The van der Waals surface area contributed by atoms with Gasteiger partial charge >= 0.3 is 6.03 Å². The van der Waals surface area contributed by atoms with E-state index in [9.17, 15) is 13.2 Å². The van der Waals surface area contributed by atoms with Gasteiger partial charge in [-0.05, 0) is 20.8 Å². The molecular formula is C12H23N5O3S. The maximum atomic E-state index is 12.3. The Morgan fingerprint density at radius 2 is 1.81 bits per heavy atom. The minimum Gasteiger partial charge on any atom is -0.321 e. The molecule has 0 aliphatic heterocycles. The van der Waals surface area contributed by atoms with Gasteiger partial charge in [0.1, 0.15) is 6.33 Å². The molecule has 0 spiro atoms. The summed E-state index contributed by atoms with van der Waals surface area (Å²) in [5, 5.41) is 3.49. The fraction of sp³-hybridized carbons (Fsp3) is 0.750. The first-order valence-corrected chi connectivity index (χ1v) is 8.46. The third kappa shape index (κ3) is 3.59. The van der Waals surface area contributed by atoms with Gasteiger partial charge in [-0.3, -0.25) is 0 Å². The Labute approximate surface area is 125 Å². The maximum Gasteiger partial charge on any atom is 0.346 e. The molecule has 0 radical (unpaired) electrons. The predicted octanol–water partition coefficient (Wildman–Crippen LogP) is 1.01. The smallest absolute Gasteiger partial charge is 0.321 e. The molecule has 0 aliphatic carbocycles. The van der Waals surface area contributed by atoms with Crippen molar-refractivity contribution in [3.05, 3.63) is 6.33 Å².